The van der Waals surface area contributed by atoms with E-state index in [-0.39, 0.29) is 0 Å². The number of nitrogens with zero attached hydrogens (tertiary/aromatic N) is 1. The first-order chi connectivity index (χ1) is 14.5. The first-order valence-electron chi connectivity index (χ1n) is 9.28. The van der Waals surface area contributed by atoms with E-state index in [1.807, 2.05) is 48.5 Å². The average Bonchev–Trinajstić information content (AvgIpc) is 3.14. The normalized spacial score (nSPS) is 11.8. The Labute approximate surface area is 177 Å². The Hall–Kier alpha value is -3.64. The van der Waals surface area contributed by atoms with Crippen LogP contribution in [0.5, 0.6) is 0 Å². The van der Waals surface area contributed by atoms with Gasteiger partial charge in [0.15, 0.2) is 5.82 Å². The third-order valence-electron chi connectivity index (χ3n) is 4.59. The number of ether oxygens (including phenoxy) is 1. The van der Waals surface area contributed by atoms with Crippen LogP contribution in [0.1, 0.15) is 18.6 Å². The lowest BCUT2D eigenvalue weighted by molar-refractivity contribution is -0.152. The molecular formula is C23H18ClN3O3. The molecule has 6 nitrogen and oxygen atoms in total. The van der Waals surface area contributed by atoms with E-state index >= 15 is 0 Å². The van der Waals surface area contributed by atoms with Crippen molar-refractivity contribution in [1.82, 2.24) is 10.2 Å². The van der Waals surface area contributed by atoms with Crippen molar-refractivity contribution in [2.75, 3.05) is 5.32 Å². The number of hydrogen-bond donors (Lipinski definition) is 2. The van der Waals surface area contributed by atoms with Gasteiger partial charge >= 0.3 is 5.97 Å². The maximum Gasteiger partial charge on any atom is 0.303 e. The Balaban J connectivity index is 1.61. The number of nitrogens with one attached hydrogen (secondary N) is 2. The summed E-state index contributed by atoms with van der Waals surface area (Å²) >= 11 is 6.09. The van der Waals surface area contributed by atoms with Crippen LogP contribution in [0.3, 0.4) is 0 Å². The molecule has 0 saturated heterocycles. The summed E-state index contributed by atoms with van der Waals surface area (Å²) in [7, 11) is 0. The van der Waals surface area contributed by atoms with Crippen molar-refractivity contribution in [2.24, 2.45) is 0 Å². The van der Waals surface area contributed by atoms with Gasteiger partial charge in [0.1, 0.15) is 0 Å². The molecule has 1 aromatic heterocycles. The zero-order valence-corrected chi connectivity index (χ0v) is 16.8. The number of aromatic nitrogens is 2. The van der Waals surface area contributed by atoms with E-state index in [0.717, 1.165) is 22.0 Å². The fourth-order valence-electron chi connectivity index (χ4n) is 3.21. The Kier molecular flexibility index (Phi) is 5.50. The van der Waals surface area contributed by atoms with Crippen molar-refractivity contribution in [3.05, 3.63) is 83.4 Å². The summed E-state index contributed by atoms with van der Waals surface area (Å²) in [6.45, 7) is 1.27. The van der Waals surface area contributed by atoms with Crippen molar-refractivity contribution in [3.8, 4) is 11.1 Å². The Morgan fingerprint density at radius 3 is 2.50 bits per heavy atom. The molecule has 0 saturated carbocycles. The molecule has 7 heteroatoms. The van der Waals surface area contributed by atoms with Gasteiger partial charge in [-0.15, -0.1) is 0 Å². The molecule has 1 heterocycles. The highest BCUT2D eigenvalue weighted by atomic mass is 35.5. The molecular weight excluding hydrogens is 402 g/mol. The van der Waals surface area contributed by atoms with Crippen LogP contribution in [0.15, 0.2) is 72.8 Å². The van der Waals surface area contributed by atoms with Gasteiger partial charge in [0, 0.05) is 22.9 Å². The Morgan fingerprint density at radius 2 is 1.77 bits per heavy atom. The van der Waals surface area contributed by atoms with Crippen LogP contribution in [0, 0.1) is 0 Å². The van der Waals surface area contributed by atoms with E-state index in [1.165, 1.54) is 6.92 Å². The van der Waals surface area contributed by atoms with E-state index in [9.17, 15) is 9.59 Å². The number of fused-ring (bicyclic) bond motifs is 1. The van der Waals surface area contributed by atoms with Crippen LogP contribution in [-0.2, 0) is 14.3 Å². The molecule has 4 rings (SSSR count). The maximum absolute atomic E-state index is 12.9. The first-order valence-corrected chi connectivity index (χ1v) is 9.66. The number of carbonyl (C=O) groups excluding carboxylic acids is 2. The van der Waals surface area contributed by atoms with E-state index < -0.39 is 18.0 Å². The van der Waals surface area contributed by atoms with Gasteiger partial charge in [-0.1, -0.05) is 60.1 Å². The number of hydrogen-bond acceptors (Lipinski definition) is 4. The second-order valence-electron chi connectivity index (χ2n) is 6.73. The molecule has 2 N–H and O–H groups in total. The summed E-state index contributed by atoms with van der Waals surface area (Å²) in [5.41, 5.74) is 3.27. The van der Waals surface area contributed by atoms with Crippen molar-refractivity contribution in [3.63, 3.8) is 0 Å². The van der Waals surface area contributed by atoms with Gasteiger partial charge in [-0.2, -0.15) is 5.10 Å². The second kappa shape index (κ2) is 8.39. The second-order valence-corrected chi connectivity index (χ2v) is 7.17. The van der Waals surface area contributed by atoms with Crippen LogP contribution in [0.4, 0.5) is 5.82 Å². The molecule has 1 unspecified atom stereocenters. The van der Waals surface area contributed by atoms with Crippen molar-refractivity contribution < 1.29 is 14.3 Å². The predicted molar refractivity (Wildman–Crippen MR) is 116 cm³/mol. The number of rotatable bonds is 5. The summed E-state index contributed by atoms with van der Waals surface area (Å²) in [6, 6.07) is 22.1. The monoisotopic (exact) mass is 419 g/mol. The summed E-state index contributed by atoms with van der Waals surface area (Å²) in [5.74, 6) is -0.665. The van der Waals surface area contributed by atoms with Gasteiger partial charge in [0.2, 0.25) is 6.10 Å². The number of amides is 1. The zero-order valence-electron chi connectivity index (χ0n) is 16.1. The van der Waals surface area contributed by atoms with Gasteiger partial charge in [-0.25, -0.2) is 0 Å². The molecule has 150 valence electrons. The lowest BCUT2D eigenvalue weighted by Gasteiger charge is -2.16. The minimum absolute atomic E-state index is 0.362. The average molecular weight is 420 g/mol. The van der Waals surface area contributed by atoms with Crippen LogP contribution >= 0.6 is 11.6 Å². The van der Waals surface area contributed by atoms with Crippen molar-refractivity contribution in [2.45, 2.75) is 13.0 Å². The zero-order chi connectivity index (χ0) is 21.1. The van der Waals surface area contributed by atoms with Crippen LogP contribution < -0.4 is 5.32 Å². The number of halogens is 1. The third kappa shape index (κ3) is 4.18. The van der Waals surface area contributed by atoms with E-state index in [2.05, 4.69) is 15.5 Å². The molecule has 0 aliphatic heterocycles. The number of benzene rings is 3. The van der Waals surface area contributed by atoms with Crippen molar-refractivity contribution >= 4 is 40.2 Å². The topological polar surface area (TPSA) is 84.1 Å². The largest absolute Gasteiger partial charge is 0.447 e. The van der Waals surface area contributed by atoms with Crippen LogP contribution in [0.2, 0.25) is 5.02 Å². The Morgan fingerprint density at radius 1 is 1.00 bits per heavy atom. The quantitative estimate of drug-likeness (QED) is 0.439. The van der Waals surface area contributed by atoms with Crippen LogP contribution in [0.25, 0.3) is 22.0 Å². The Bertz CT molecular complexity index is 1220. The maximum atomic E-state index is 12.9. The summed E-state index contributed by atoms with van der Waals surface area (Å²) in [6.07, 6.45) is -1.07. The van der Waals surface area contributed by atoms with Gasteiger partial charge in [0.05, 0.1) is 5.52 Å². The number of carbonyl (C=O) groups is 2. The van der Waals surface area contributed by atoms with Gasteiger partial charge in [0.25, 0.3) is 5.91 Å². The van der Waals surface area contributed by atoms with Crippen LogP contribution in [-0.4, -0.2) is 22.1 Å². The third-order valence-corrected chi connectivity index (χ3v) is 4.82. The lowest BCUT2D eigenvalue weighted by atomic mass is 10.0. The molecule has 0 radical (unpaired) electrons. The highest BCUT2D eigenvalue weighted by molar-refractivity contribution is 6.30. The molecule has 0 fully saturated rings. The molecule has 0 aliphatic rings. The summed E-state index contributed by atoms with van der Waals surface area (Å²) in [5, 5.41) is 11.3. The van der Waals surface area contributed by atoms with E-state index in [0.29, 0.717) is 16.4 Å². The van der Waals surface area contributed by atoms with Gasteiger partial charge in [-0.05, 0) is 35.4 Å². The fraction of sp³-hybridized carbons (Fsp3) is 0.0870. The van der Waals surface area contributed by atoms with E-state index in [1.54, 1.807) is 24.3 Å². The summed E-state index contributed by atoms with van der Waals surface area (Å²) < 4.78 is 5.25. The molecule has 30 heavy (non-hydrogen) atoms. The van der Waals surface area contributed by atoms with Gasteiger partial charge in [-0.3, -0.25) is 14.7 Å². The number of aromatic amines is 1. The van der Waals surface area contributed by atoms with E-state index in [4.69, 9.17) is 16.3 Å². The first kappa shape index (κ1) is 19.7. The molecule has 0 aliphatic carbocycles. The molecule has 4 aromatic rings. The minimum atomic E-state index is -1.07. The highest BCUT2D eigenvalue weighted by Crippen LogP contribution is 2.29. The standard InChI is InChI=1S/C23H18ClN3O3/c1-14(28)30-21(15-6-3-2-4-7-15)23(29)25-22-19-11-10-17(13-20(19)26-27-22)16-8-5-9-18(24)12-16/h2-13,21H,1H3,(H2,25,26,27,29). The number of H-pyrrole nitrogens is 1. The smallest absolute Gasteiger partial charge is 0.303 e. The predicted octanol–water partition coefficient (Wildman–Crippen LogP) is 5.13. The number of anilines is 1. The minimum Gasteiger partial charge on any atom is -0.447 e. The van der Waals surface area contributed by atoms with Crippen molar-refractivity contribution in [1.29, 1.82) is 0 Å². The molecule has 1 atom stereocenters. The molecule has 3 aromatic carbocycles. The SMILES string of the molecule is CC(=O)OC(C(=O)Nc1n[nH]c2cc(-c3cccc(Cl)c3)ccc12)c1ccccc1. The van der Waals surface area contributed by atoms with Gasteiger partial charge < -0.3 is 10.1 Å². The molecule has 0 spiro atoms. The summed E-state index contributed by atoms with van der Waals surface area (Å²) in [4.78, 5) is 24.4. The lowest BCUT2D eigenvalue weighted by Crippen LogP contribution is -2.25. The fourth-order valence-corrected chi connectivity index (χ4v) is 3.40. The number of esters is 1. The molecule has 1 amide bonds. The molecule has 0 bridgehead atoms. The highest BCUT2D eigenvalue weighted by Gasteiger charge is 2.25.